The van der Waals surface area contributed by atoms with Gasteiger partial charge in [0.1, 0.15) is 11.5 Å². The van der Waals surface area contributed by atoms with Gasteiger partial charge >= 0.3 is 0 Å². The van der Waals surface area contributed by atoms with Gasteiger partial charge in [-0.1, -0.05) is 13.0 Å². The van der Waals surface area contributed by atoms with E-state index in [1.165, 1.54) is 0 Å². The molecule has 2 aromatic heterocycles. The Morgan fingerprint density at radius 1 is 1.54 bits per heavy atom. The summed E-state index contributed by atoms with van der Waals surface area (Å²) in [6.45, 7) is 4.11. The smallest absolute Gasteiger partial charge is 0.141 e. The SMILES string of the molecule is CCc1nc2c(C)cccn2c1N. The van der Waals surface area contributed by atoms with Gasteiger partial charge in [-0.05, 0) is 25.0 Å². The summed E-state index contributed by atoms with van der Waals surface area (Å²) in [5, 5.41) is 0. The number of aromatic nitrogens is 2. The zero-order valence-electron chi connectivity index (χ0n) is 7.91. The van der Waals surface area contributed by atoms with Crippen molar-refractivity contribution in [3.63, 3.8) is 0 Å². The maximum Gasteiger partial charge on any atom is 0.141 e. The normalized spacial score (nSPS) is 10.9. The van der Waals surface area contributed by atoms with E-state index in [9.17, 15) is 0 Å². The van der Waals surface area contributed by atoms with Crippen molar-refractivity contribution in [1.82, 2.24) is 9.38 Å². The molecule has 0 amide bonds. The maximum absolute atomic E-state index is 5.92. The molecule has 13 heavy (non-hydrogen) atoms. The van der Waals surface area contributed by atoms with Crippen LogP contribution in [0.4, 0.5) is 5.82 Å². The van der Waals surface area contributed by atoms with Crippen molar-refractivity contribution < 1.29 is 0 Å². The minimum absolute atomic E-state index is 0.765. The summed E-state index contributed by atoms with van der Waals surface area (Å²) < 4.78 is 1.94. The molecule has 0 unspecified atom stereocenters. The number of rotatable bonds is 1. The van der Waals surface area contributed by atoms with Gasteiger partial charge in [0.2, 0.25) is 0 Å². The summed E-state index contributed by atoms with van der Waals surface area (Å²) in [5.74, 6) is 0.765. The first-order valence-electron chi connectivity index (χ1n) is 4.46. The molecule has 68 valence electrons. The molecule has 0 aromatic carbocycles. The standard InChI is InChI=1S/C10H13N3/c1-3-8-9(11)13-6-4-5-7(2)10(13)12-8/h4-6H,3,11H2,1-2H3. The molecule has 3 nitrogen and oxygen atoms in total. The average Bonchev–Trinajstić information content (AvgIpc) is 2.45. The fraction of sp³-hybridized carbons (Fsp3) is 0.300. The van der Waals surface area contributed by atoms with Gasteiger partial charge in [0, 0.05) is 6.20 Å². The van der Waals surface area contributed by atoms with Gasteiger partial charge in [-0.3, -0.25) is 4.40 Å². The highest BCUT2D eigenvalue weighted by Gasteiger charge is 2.07. The molecule has 2 aromatic rings. The van der Waals surface area contributed by atoms with E-state index < -0.39 is 0 Å². The van der Waals surface area contributed by atoms with Gasteiger partial charge in [0.25, 0.3) is 0 Å². The summed E-state index contributed by atoms with van der Waals surface area (Å²) in [6.07, 6.45) is 2.83. The summed E-state index contributed by atoms with van der Waals surface area (Å²) in [4.78, 5) is 4.47. The number of nitrogen functional groups attached to an aromatic ring is 1. The second kappa shape index (κ2) is 2.76. The van der Waals surface area contributed by atoms with Gasteiger partial charge in [0.05, 0.1) is 5.69 Å². The number of anilines is 1. The summed E-state index contributed by atoms with van der Waals surface area (Å²) in [6, 6.07) is 4.03. The van der Waals surface area contributed by atoms with E-state index in [2.05, 4.69) is 11.9 Å². The van der Waals surface area contributed by atoms with Gasteiger partial charge < -0.3 is 5.73 Å². The predicted octanol–water partition coefficient (Wildman–Crippen LogP) is 1.79. The number of nitrogens with two attached hydrogens (primary N) is 1. The molecule has 0 radical (unpaired) electrons. The number of imidazole rings is 1. The molecule has 0 atom stereocenters. The molecular formula is C10H13N3. The van der Waals surface area contributed by atoms with Gasteiger partial charge in [0.15, 0.2) is 0 Å². The molecular weight excluding hydrogens is 162 g/mol. The van der Waals surface area contributed by atoms with Crippen LogP contribution in [0.5, 0.6) is 0 Å². The molecule has 0 saturated carbocycles. The lowest BCUT2D eigenvalue weighted by Gasteiger charge is -1.97. The third kappa shape index (κ3) is 1.08. The molecule has 2 heterocycles. The van der Waals surface area contributed by atoms with Gasteiger partial charge in [-0.15, -0.1) is 0 Å². The zero-order valence-corrected chi connectivity index (χ0v) is 7.91. The minimum atomic E-state index is 0.765. The quantitative estimate of drug-likeness (QED) is 0.718. The van der Waals surface area contributed by atoms with Crippen LogP contribution >= 0.6 is 0 Å². The number of hydrogen-bond acceptors (Lipinski definition) is 2. The van der Waals surface area contributed by atoms with Crippen molar-refractivity contribution in [3.8, 4) is 0 Å². The Hall–Kier alpha value is -1.51. The molecule has 0 saturated heterocycles. The molecule has 0 fully saturated rings. The third-order valence-corrected chi connectivity index (χ3v) is 2.29. The molecule has 2 N–H and O–H groups in total. The van der Waals surface area contributed by atoms with Crippen LogP contribution in [0.1, 0.15) is 18.2 Å². The van der Waals surface area contributed by atoms with E-state index >= 15 is 0 Å². The minimum Gasteiger partial charge on any atom is -0.383 e. The van der Waals surface area contributed by atoms with Crippen LogP contribution in [0.15, 0.2) is 18.3 Å². The van der Waals surface area contributed by atoms with E-state index in [1.54, 1.807) is 0 Å². The van der Waals surface area contributed by atoms with Crippen LogP contribution in [-0.2, 0) is 6.42 Å². The zero-order chi connectivity index (χ0) is 9.42. The predicted molar refractivity (Wildman–Crippen MR) is 53.7 cm³/mol. The second-order valence-corrected chi connectivity index (χ2v) is 3.18. The van der Waals surface area contributed by atoms with Crippen LogP contribution in [0, 0.1) is 6.92 Å². The summed E-state index contributed by atoms with van der Waals surface area (Å²) in [5.41, 5.74) is 9.03. The molecule has 0 bridgehead atoms. The van der Waals surface area contributed by atoms with Crippen LogP contribution in [0.25, 0.3) is 5.65 Å². The number of aryl methyl sites for hydroxylation is 2. The summed E-state index contributed by atoms with van der Waals surface area (Å²) in [7, 11) is 0. The first-order valence-corrected chi connectivity index (χ1v) is 4.46. The topological polar surface area (TPSA) is 43.3 Å². The lowest BCUT2D eigenvalue weighted by Crippen LogP contribution is -1.95. The van der Waals surface area contributed by atoms with E-state index in [1.807, 2.05) is 29.7 Å². The highest BCUT2D eigenvalue weighted by Crippen LogP contribution is 2.17. The molecule has 0 aliphatic carbocycles. The number of fused-ring (bicyclic) bond motifs is 1. The first kappa shape index (κ1) is 8.10. The van der Waals surface area contributed by atoms with Gasteiger partial charge in [-0.2, -0.15) is 0 Å². The number of hydrogen-bond donors (Lipinski definition) is 1. The Kier molecular flexibility index (Phi) is 1.72. The van der Waals surface area contributed by atoms with Crippen molar-refractivity contribution in [2.75, 3.05) is 5.73 Å². The Morgan fingerprint density at radius 2 is 2.31 bits per heavy atom. The van der Waals surface area contributed by atoms with E-state index in [-0.39, 0.29) is 0 Å². The Labute approximate surface area is 77.2 Å². The highest BCUT2D eigenvalue weighted by atomic mass is 15.1. The van der Waals surface area contributed by atoms with Crippen molar-refractivity contribution in [2.24, 2.45) is 0 Å². The number of pyridine rings is 1. The molecule has 0 aliphatic heterocycles. The van der Waals surface area contributed by atoms with Crippen LogP contribution in [0.2, 0.25) is 0 Å². The van der Waals surface area contributed by atoms with E-state index in [0.717, 1.165) is 29.1 Å². The van der Waals surface area contributed by atoms with Crippen molar-refractivity contribution in [1.29, 1.82) is 0 Å². The molecule has 2 rings (SSSR count). The van der Waals surface area contributed by atoms with Crippen molar-refractivity contribution in [2.45, 2.75) is 20.3 Å². The lowest BCUT2D eigenvalue weighted by molar-refractivity contribution is 1.07. The second-order valence-electron chi connectivity index (χ2n) is 3.18. The molecule has 3 heteroatoms. The van der Waals surface area contributed by atoms with E-state index in [0.29, 0.717) is 0 Å². The Bertz CT molecular complexity index is 443. The summed E-state index contributed by atoms with van der Waals surface area (Å²) >= 11 is 0. The van der Waals surface area contributed by atoms with E-state index in [4.69, 9.17) is 5.73 Å². The van der Waals surface area contributed by atoms with Crippen molar-refractivity contribution >= 4 is 11.5 Å². The van der Waals surface area contributed by atoms with Crippen LogP contribution < -0.4 is 5.73 Å². The fourth-order valence-corrected chi connectivity index (χ4v) is 1.53. The molecule has 0 spiro atoms. The van der Waals surface area contributed by atoms with Crippen LogP contribution in [-0.4, -0.2) is 9.38 Å². The number of nitrogens with zero attached hydrogens (tertiary/aromatic N) is 2. The Morgan fingerprint density at radius 3 is 2.92 bits per heavy atom. The van der Waals surface area contributed by atoms with Crippen LogP contribution in [0.3, 0.4) is 0 Å². The monoisotopic (exact) mass is 175 g/mol. The third-order valence-electron chi connectivity index (χ3n) is 2.29. The maximum atomic E-state index is 5.92. The lowest BCUT2D eigenvalue weighted by atomic mass is 10.3. The Balaban J connectivity index is 2.83. The first-order chi connectivity index (χ1) is 6.24. The van der Waals surface area contributed by atoms with Crippen molar-refractivity contribution in [3.05, 3.63) is 29.6 Å². The highest BCUT2D eigenvalue weighted by molar-refractivity contribution is 5.56. The molecule has 0 aliphatic rings. The van der Waals surface area contributed by atoms with Gasteiger partial charge in [-0.25, -0.2) is 4.98 Å². The fourth-order valence-electron chi connectivity index (χ4n) is 1.53. The average molecular weight is 175 g/mol. The largest absolute Gasteiger partial charge is 0.383 e.